The molecule has 0 aromatic heterocycles. The van der Waals surface area contributed by atoms with E-state index in [2.05, 4.69) is 27.7 Å². The fourth-order valence-electron chi connectivity index (χ4n) is 6.76. The zero-order valence-electron chi connectivity index (χ0n) is 23.0. The molecule has 2 fully saturated rings. The van der Waals surface area contributed by atoms with Gasteiger partial charge in [-0.3, -0.25) is 9.59 Å². The summed E-state index contributed by atoms with van der Waals surface area (Å²) in [6, 6.07) is 0. The summed E-state index contributed by atoms with van der Waals surface area (Å²) in [5, 5.41) is 0. The molecule has 34 heavy (non-hydrogen) atoms. The molecule has 198 valence electrons. The summed E-state index contributed by atoms with van der Waals surface area (Å²) < 4.78 is 9.95. The normalized spacial score (nSPS) is 29.0. The minimum Gasteiger partial charge on any atom is -0.469 e. The monoisotopic (exact) mass is 482 g/mol. The fourth-order valence-corrected chi connectivity index (χ4v) is 6.76. The van der Waals surface area contributed by atoms with E-state index in [4.69, 9.17) is 9.47 Å². The summed E-state index contributed by atoms with van der Waals surface area (Å²) in [5.74, 6) is 2.97. The number of quaternary nitrogens is 2. The van der Waals surface area contributed by atoms with Crippen molar-refractivity contribution in [3.05, 3.63) is 0 Å². The molecule has 6 nitrogen and oxygen atoms in total. The number of likely N-dealkylation sites (tertiary alicyclic amines) is 2. The predicted molar refractivity (Wildman–Crippen MR) is 136 cm³/mol. The molecule has 2 aliphatic heterocycles. The number of hydrogen-bond acceptors (Lipinski definition) is 4. The second-order valence-corrected chi connectivity index (χ2v) is 11.5. The first kappa shape index (κ1) is 29.1. The van der Waals surface area contributed by atoms with Crippen molar-refractivity contribution in [2.75, 3.05) is 53.5 Å². The molecule has 6 heteroatoms. The molecular formula is C28H54N2O4+2. The van der Waals surface area contributed by atoms with Gasteiger partial charge in [0.25, 0.3) is 0 Å². The third-order valence-electron chi connectivity index (χ3n) is 8.84. The van der Waals surface area contributed by atoms with Crippen molar-refractivity contribution in [2.45, 2.75) is 79.1 Å². The van der Waals surface area contributed by atoms with Crippen LogP contribution in [-0.2, 0) is 19.1 Å². The summed E-state index contributed by atoms with van der Waals surface area (Å²) >= 11 is 0. The maximum Gasteiger partial charge on any atom is 0.308 e. The van der Waals surface area contributed by atoms with Crippen LogP contribution in [0.15, 0.2) is 0 Å². The summed E-state index contributed by atoms with van der Waals surface area (Å²) in [6.45, 7) is 16.3. The van der Waals surface area contributed by atoms with E-state index in [0.717, 1.165) is 37.5 Å². The van der Waals surface area contributed by atoms with Crippen molar-refractivity contribution in [2.24, 2.45) is 35.5 Å². The van der Waals surface area contributed by atoms with Crippen molar-refractivity contribution >= 4 is 11.9 Å². The Hall–Kier alpha value is -1.14. The van der Waals surface area contributed by atoms with E-state index < -0.39 is 0 Å². The first-order chi connectivity index (χ1) is 16.3. The van der Waals surface area contributed by atoms with Crippen molar-refractivity contribution < 1.29 is 28.9 Å². The fraction of sp³-hybridized carbons (Fsp3) is 0.929. The molecular weight excluding hydrogens is 428 g/mol. The predicted octanol–water partition coefficient (Wildman–Crippen LogP) is 2.03. The highest BCUT2D eigenvalue weighted by Gasteiger charge is 2.34. The van der Waals surface area contributed by atoms with Crippen LogP contribution in [0.2, 0.25) is 0 Å². The summed E-state index contributed by atoms with van der Waals surface area (Å²) in [4.78, 5) is 27.3. The van der Waals surface area contributed by atoms with Gasteiger partial charge in [0.05, 0.1) is 65.3 Å². The third-order valence-corrected chi connectivity index (χ3v) is 8.84. The van der Waals surface area contributed by atoms with Crippen molar-refractivity contribution in [3.63, 3.8) is 0 Å². The van der Waals surface area contributed by atoms with Crippen LogP contribution in [0.5, 0.6) is 0 Å². The Bertz CT molecular complexity index is 545. The van der Waals surface area contributed by atoms with E-state index in [0.29, 0.717) is 11.8 Å². The van der Waals surface area contributed by atoms with Gasteiger partial charge in [-0.2, -0.15) is 0 Å². The minimum absolute atomic E-state index is 0.0421. The number of carbonyl (C=O) groups is 2. The number of esters is 2. The highest BCUT2D eigenvalue weighted by Crippen LogP contribution is 2.27. The number of carbonyl (C=O) groups excluding carboxylic acids is 2. The molecule has 0 radical (unpaired) electrons. The SMILES string of the molecule is CCC(CC(C)C[NH+]1CCC(C2CC[NH+](CC(C)CC(CC)C(=O)OC)CC2)CC1)C(=O)OC. The quantitative estimate of drug-likeness (QED) is 0.395. The van der Waals surface area contributed by atoms with E-state index in [1.807, 2.05) is 0 Å². The molecule has 0 aromatic rings. The highest BCUT2D eigenvalue weighted by atomic mass is 16.5. The Morgan fingerprint density at radius 3 is 1.29 bits per heavy atom. The second kappa shape index (κ2) is 15.1. The average Bonchev–Trinajstić information content (AvgIpc) is 2.85. The zero-order chi connectivity index (χ0) is 25.1. The van der Waals surface area contributed by atoms with Crippen LogP contribution in [0.3, 0.4) is 0 Å². The molecule has 2 N–H and O–H groups in total. The first-order valence-electron chi connectivity index (χ1n) is 14.1. The van der Waals surface area contributed by atoms with E-state index in [9.17, 15) is 9.59 Å². The van der Waals surface area contributed by atoms with Gasteiger partial charge >= 0.3 is 11.9 Å². The van der Waals surface area contributed by atoms with Crippen molar-refractivity contribution in [1.82, 2.24) is 0 Å². The maximum atomic E-state index is 11.9. The standard InChI is InChI=1S/C28H52N2O4/c1-7-23(27(31)33-5)17-21(3)19-29-13-9-25(10-14-29)26-11-15-30(16-12-26)20-22(4)18-24(8-2)28(32)34-6/h21-26H,7-20H2,1-6H3/p+2. The van der Waals surface area contributed by atoms with Crippen molar-refractivity contribution in [3.8, 4) is 0 Å². The van der Waals surface area contributed by atoms with Crippen LogP contribution in [0.25, 0.3) is 0 Å². The molecule has 4 atom stereocenters. The summed E-state index contributed by atoms with van der Waals surface area (Å²) in [6.07, 6.45) is 9.11. The molecule has 0 spiro atoms. The lowest BCUT2D eigenvalue weighted by Gasteiger charge is -2.38. The number of nitrogens with one attached hydrogen (secondary N) is 2. The molecule has 4 unspecified atom stereocenters. The lowest BCUT2D eigenvalue weighted by molar-refractivity contribution is -0.913. The molecule has 0 saturated carbocycles. The molecule has 0 aliphatic carbocycles. The van der Waals surface area contributed by atoms with Crippen LogP contribution in [-0.4, -0.2) is 65.4 Å². The van der Waals surface area contributed by atoms with Crippen LogP contribution >= 0.6 is 0 Å². The van der Waals surface area contributed by atoms with Gasteiger partial charge in [-0.15, -0.1) is 0 Å². The molecule has 2 aliphatic rings. The smallest absolute Gasteiger partial charge is 0.308 e. The van der Waals surface area contributed by atoms with Gasteiger partial charge in [-0.05, 0) is 63.2 Å². The van der Waals surface area contributed by atoms with Crippen LogP contribution in [0.4, 0.5) is 0 Å². The Balaban J connectivity index is 1.67. The third kappa shape index (κ3) is 9.14. The maximum absolute atomic E-state index is 11.9. The van der Waals surface area contributed by atoms with E-state index in [-0.39, 0.29) is 23.8 Å². The molecule has 0 bridgehead atoms. The van der Waals surface area contributed by atoms with Gasteiger partial charge in [-0.1, -0.05) is 27.7 Å². The van der Waals surface area contributed by atoms with Crippen molar-refractivity contribution in [1.29, 1.82) is 0 Å². The number of rotatable bonds is 13. The van der Waals surface area contributed by atoms with Gasteiger partial charge < -0.3 is 19.3 Å². The van der Waals surface area contributed by atoms with Gasteiger partial charge in [0.2, 0.25) is 0 Å². The lowest BCUT2D eigenvalue weighted by Crippen LogP contribution is -3.14. The lowest BCUT2D eigenvalue weighted by atomic mass is 9.78. The highest BCUT2D eigenvalue weighted by molar-refractivity contribution is 5.72. The summed E-state index contributed by atoms with van der Waals surface area (Å²) in [7, 11) is 3.01. The Kier molecular flexibility index (Phi) is 12.9. The molecule has 2 rings (SSSR count). The van der Waals surface area contributed by atoms with Crippen LogP contribution in [0.1, 0.15) is 79.1 Å². The average molecular weight is 483 g/mol. The largest absolute Gasteiger partial charge is 0.469 e. The van der Waals surface area contributed by atoms with Gasteiger partial charge in [-0.25, -0.2) is 0 Å². The number of hydrogen-bond donors (Lipinski definition) is 2. The van der Waals surface area contributed by atoms with E-state index >= 15 is 0 Å². The topological polar surface area (TPSA) is 61.5 Å². The Morgan fingerprint density at radius 2 is 1.03 bits per heavy atom. The second-order valence-electron chi connectivity index (χ2n) is 11.5. The molecule has 2 saturated heterocycles. The summed E-state index contributed by atoms with van der Waals surface area (Å²) in [5.41, 5.74) is 0. The van der Waals surface area contributed by atoms with E-state index in [1.54, 1.807) is 9.80 Å². The van der Waals surface area contributed by atoms with Crippen LogP contribution < -0.4 is 9.80 Å². The number of piperidine rings is 2. The van der Waals surface area contributed by atoms with Crippen LogP contribution in [0, 0.1) is 35.5 Å². The first-order valence-corrected chi connectivity index (χ1v) is 14.1. The molecule has 0 amide bonds. The minimum atomic E-state index is -0.0421. The zero-order valence-corrected chi connectivity index (χ0v) is 23.0. The number of ether oxygens (including phenoxy) is 2. The molecule has 2 heterocycles. The number of methoxy groups -OCH3 is 2. The van der Waals surface area contributed by atoms with Gasteiger partial charge in [0, 0.05) is 11.8 Å². The molecule has 0 aromatic carbocycles. The van der Waals surface area contributed by atoms with E-state index in [1.165, 1.54) is 79.2 Å². The Morgan fingerprint density at radius 1 is 0.706 bits per heavy atom. The van der Waals surface area contributed by atoms with Gasteiger partial charge in [0.15, 0.2) is 0 Å². The Labute approximate surface area is 209 Å². The van der Waals surface area contributed by atoms with Gasteiger partial charge in [0.1, 0.15) is 0 Å².